The van der Waals surface area contributed by atoms with Crippen LogP contribution in [-0.4, -0.2) is 22.3 Å². The third kappa shape index (κ3) is 2.27. The lowest BCUT2D eigenvalue weighted by atomic mass is 10.1. The molecule has 1 aromatic carbocycles. The number of nitrogens with one attached hydrogen (secondary N) is 1. The summed E-state index contributed by atoms with van der Waals surface area (Å²) in [4.78, 5) is 6.77. The smallest absolute Gasteiger partial charge is 0.118 e. The first-order valence-electron chi connectivity index (χ1n) is 8.08. The lowest BCUT2D eigenvalue weighted by Crippen LogP contribution is -1.86. The molecule has 0 saturated heterocycles. The molecule has 0 amide bonds. The fourth-order valence-corrected chi connectivity index (χ4v) is 4.52. The van der Waals surface area contributed by atoms with E-state index in [1.807, 2.05) is 35.9 Å². The topological polar surface area (TPSA) is 50.8 Å². The number of thiophene rings is 1. The molecule has 0 radical (unpaired) electrons. The highest BCUT2D eigenvalue weighted by Gasteiger charge is 2.27. The predicted octanol–water partition coefficient (Wildman–Crippen LogP) is 4.78. The normalized spacial score (nSPS) is 12.0. The summed E-state index contributed by atoms with van der Waals surface area (Å²) in [5.74, 6) is 0.858. The van der Waals surface area contributed by atoms with E-state index >= 15 is 0 Å². The number of aromatic nitrogens is 3. The van der Waals surface area contributed by atoms with E-state index in [1.165, 1.54) is 26.4 Å². The van der Waals surface area contributed by atoms with Crippen molar-refractivity contribution in [1.82, 2.24) is 15.2 Å². The molecule has 0 aliphatic heterocycles. The number of H-pyrrole nitrogens is 1. The van der Waals surface area contributed by atoms with Gasteiger partial charge in [0.1, 0.15) is 5.75 Å². The van der Waals surface area contributed by atoms with E-state index in [0.717, 1.165) is 29.1 Å². The third-order valence-electron chi connectivity index (χ3n) is 4.61. The van der Waals surface area contributed by atoms with Gasteiger partial charge in [-0.1, -0.05) is 0 Å². The van der Waals surface area contributed by atoms with Crippen molar-refractivity contribution in [3.8, 4) is 38.7 Å². The van der Waals surface area contributed by atoms with Gasteiger partial charge < -0.3 is 4.74 Å². The van der Waals surface area contributed by atoms with Crippen LogP contribution in [0.25, 0.3) is 33.0 Å². The quantitative estimate of drug-likeness (QED) is 0.512. The third-order valence-corrected chi connectivity index (χ3v) is 5.80. The van der Waals surface area contributed by atoms with Crippen LogP contribution in [0.15, 0.2) is 54.9 Å². The summed E-state index contributed by atoms with van der Waals surface area (Å²) in [6, 6.07) is 14.4. The van der Waals surface area contributed by atoms with Crippen LogP contribution in [0, 0.1) is 0 Å². The number of rotatable bonds is 3. The SMILES string of the molecule is COc1ccc(-c2n[nH]c3c2Cc2sc(-c4ccncc4)cc2-3)cc1. The van der Waals surface area contributed by atoms with Gasteiger partial charge in [0.05, 0.1) is 18.5 Å². The fourth-order valence-electron chi connectivity index (χ4n) is 3.34. The van der Waals surface area contributed by atoms with Crippen molar-refractivity contribution < 1.29 is 4.74 Å². The van der Waals surface area contributed by atoms with Crippen molar-refractivity contribution in [1.29, 1.82) is 0 Å². The Bertz CT molecular complexity index is 1050. The van der Waals surface area contributed by atoms with E-state index in [-0.39, 0.29) is 0 Å². The van der Waals surface area contributed by atoms with Crippen molar-refractivity contribution in [3.05, 3.63) is 65.3 Å². The highest BCUT2D eigenvalue weighted by atomic mass is 32.1. The molecule has 122 valence electrons. The highest BCUT2D eigenvalue weighted by Crippen LogP contribution is 2.46. The van der Waals surface area contributed by atoms with Gasteiger partial charge in [-0.25, -0.2) is 0 Å². The number of fused-ring (bicyclic) bond motifs is 3. The molecule has 25 heavy (non-hydrogen) atoms. The number of methoxy groups -OCH3 is 1. The molecule has 4 aromatic rings. The summed E-state index contributed by atoms with van der Waals surface area (Å²) in [5, 5.41) is 7.82. The Morgan fingerprint density at radius 1 is 1.04 bits per heavy atom. The molecule has 1 aliphatic rings. The molecule has 0 bridgehead atoms. The minimum absolute atomic E-state index is 0.858. The van der Waals surface area contributed by atoms with E-state index in [0.29, 0.717) is 0 Å². The molecule has 0 spiro atoms. The molecule has 1 aliphatic carbocycles. The first-order valence-corrected chi connectivity index (χ1v) is 8.90. The van der Waals surface area contributed by atoms with Gasteiger partial charge in [-0.3, -0.25) is 10.1 Å². The number of nitrogens with zero attached hydrogens (tertiary/aromatic N) is 2. The number of hydrogen-bond donors (Lipinski definition) is 1. The summed E-state index contributed by atoms with van der Waals surface area (Å²) >= 11 is 1.85. The standard InChI is InChI=1S/C20H15N3OS/c1-24-14-4-2-13(3-5-14)19-16-11-18-15(20(16)23-22-19)10-17(25-18)12-6-8-21-9-7-12/h2-10H,11H2,1H3,(H,22,23). The predicted molar refractivity (Wildman–Crippen MR) is 99.9 cm³/mol. The molecule has 5 rings (SSSR count). The van der Waals surface area contributed by atoms with Gasteiger partial charge in [-0.05, 0) is 48.0 Å². The van der Waals surface area contributed by atoms with E-state index in [1.54, 1.807) is 7.11 Å². The Kier molecular flexibility index (Phi) is 3.21. The van der Waals surface area contributed by atoms with Gasteiger partial charge in [0.25, 0.3) is 0 Å². The molecule has 0 atom stereocenters. The summed E-state index contributed by atoms with van der Waals surface area (Å²) in [5.41, 5.74) is 7.07. The second-order valence-electron chi connectivity index (χ2n) is 6.01. The molecule has 3 aromatic heterocycles. The fraction of sp³-hybridized carbons (Fsp3) is 0.100. The van der Waals surface area contributed by atoms with Crippen molar-refractivity contribution in [3.63, 3.8) is 0 Å². The maximum absolute atomic E-state index is 5.24. The summed E-state index contributed by atoms with van der Waals surface area (Å²) in [7, 11) is 1.68. The Balaban J connectivity index is 1.54. The van der Waals surface area contributed by atoms with Crippen molar-refractivity contribution in [2.75, 3.05) is 7.11 Å². The first-order chi connectivity index (χ1) is 12.3. The Morgan fingerprint density at radius 3 is 2.60 bits per heavy atom. The maximum Gasteiger partial charge on any atom is 0.118 e. The van der Waals surface area contributed by atoms with Gasteiger partial charge in [0.2, 0.25) is 0 Å². The molecule has 3 heterocycles. The largest absolute Gasteiger partial charge is 0.497 e. The van der Waals surface area contributed by atoms with Gasteiger partial charge in [0.15, 0.2) is 0 Å². The van der Waals surface area contributed by atoms with Gasteiger partial charge in [0, 0.05) is 45.3 Å². The summed E-state index contributed by atoms with van der Waals surface area (Å²) < 4.78 is 5.24. The van der Waals surface area contributed by atoms with Crippen molar-refractivity contribution in [2.45, 2.75) is 6.42 Å². The zero-order chi connectivity index (χ0) is 16.8. The lowest BCUT2D eigenvalue weighted by molar-refractivity contribution is 0.415. The van der Waals surface area contributed by atoms with E-state index in [4.69, 9.17) is 4.74 Å². The number of aromatic amines is 1. The van der Waals surface area contributed by atoms with Crippen LogP contribution < -0.4 is 4.74 Å². The van der Waals surface area contributed by atoms with Crippen LogP contribution >= 0.6 is 11.3 Å². The van der Waals surface area contributed by atoms with Gasteiger partial charge in [-0.2, -0.15) is 5.10 Å². The van der Waals surface area contributed by atoms with Crippen LogP contribution in [0.5, 0.6) is 5.75 Å². The van der Waals surface area contributed by atoms with Gasteiger partial charge in [-0.15, -0.1) is 11.3 Å². The average molecular weight is 345 g/mol. The van der Waals surface area contributed by atoms with Crippen LogP contribution in [0.1, 0.15) is 10.4 Å². The molecular formula is C20H15N3OS. The van der Waals surface area contributed by atoms with Crippen molar-refractivity contribution in [2.24, 2.45) is 0 Å². The zero-order valence-electron chi connectivity index (χ0n) is 13.6. The summed E-state index contributed by atoms with van der Waals surface area (Å²) in [6.07, 6.45) is 4.60. The second kappa shape index (κ2) is 5.57. The molecule has 4 nitrogen and oxygen atoms in total. The lowest BCUT2D eigenvalue weighted by Gasteiger charge is -2.02. The monoisotopic (exact) mass is 345 g/mol. The van der Waals surface area contributed by atoms with E-state index in [2.05, 4.69) is 45.5 Å². The van der Waals surface area contributed by atoms with Crippen LogP contribution in [0.3, 0.4) is 0 Å². The Labute approximate surface area is 149 Å². The molecule has 0 fully saturated rings. The highest BCUT2D eigenvalue weighted by molar-refractivity contribution is 7.16. The van der Waals surface area contributed by atoms with Crippen LogP contribution in [-0.2, 0) is 6.42 Å². The van der Waals surface area contributed by atoms with E-state index < -0.39 is 0 Å². The zero-order valence-corrected chi connectivity index (χ0v) is 14.4. The van der Waals surface area contributed by atoms with Crippen LogP contribution in [0.4, 0.5) is 0 Å². The molecule has 0 unspecified atom stereocenters. The average Bonchev–Trinajstić information content (AvgIpc) is 3.33. The number of hydrogen-bond acceptors (Lipinski definition) is 4. The number of benzene rings is 1. The maximum atomic E-state index is 5.24. The number of ether oxygens (including phenoxy) is 1. The van der Waals surface area contributed by atoms with Gasteiger partial charge >= 0.3 is 0 Å². The number of pyridine rings is 1. The molecular weight excluding hydrogens is 330 g/mol. The van der Waals surface area contributed by atoms with Crippen molar-refractivity contribution >= 4 is 11.3 Å². The summed E-state index contributed by atoms with van der Waals surface area (Å²) in [6.45, 7) is 0. The molecule has 5 heteroatoms. The minimum Gasteiger partial charge on any atom is -0.497 e. The first kappa shape index (κ1) is 14.4. The van der Waals surface area contributed by atoms with Crippen LogP contribution in [0.2, 0.25) is 0 Å². The molecule has 0 saturated carbocycles. The minimum atomic E-state index is 0.858. The second-order valence-corrected chi connectivity index (χ2v) is 7.15. The van der Waals surface area contributed by atoms with E-state index in [9.17, 15) is 0 Å². The molecule has 1 N–H and O–H groups in total. The Morgan fingerprint density at radius 2 is 1.84 bits per heavy atom. The Hall–Kier alpha value is -2.92.